The molecular weight excluding hydrogens is 216 g/mol. The molecule has 17 heavy (non-hydrogen) atoms. The zero-order chi connectivity index (χ0) is 12.6. The van der Waals surface area contributed by atoms with Gasteiger partial charge in [0.05, 0.1) is 0 Å². The van der Waals surface area contributed by atoms with Gasteiger partial charge in [-0.15, -0.1) is 6.58 Å². The van der Waals surface area contributed by atoms with Crippen LogP contribution in [-0.2, 0) is 9.59 Å². The summed E-state index contributed by atoms with van der Waals surface area (Å²) in [5, 5.41) is 0. The minimum absolute atomic E-state index is 0.0571. The molecule has 0 aromatic heterocycles. The number of hydrogen-bond donors (Lipinski definition) is 0. The molecule has 3 atom stereocenters. The van der Waals surface area contributed by atoms with Gasteiger partial charge >= 0.3 is 0 Å². The first kappa shape index (κ1) is 12.1. The van der Waals surface area contributed by atoms with Crippen molar-refractivity contribution in [3.8, 4) is 0 Å². The second-order valence-corrected chi connectivity index (χ2v) is 4.98. The molecule has 0 N–H and O–H groups in total. The molecule has 4 heteroatoms. The Hall–Kier alpha value is -1.32. The molecular formula is C13H20N2O2. The molecule has 2 fully saturated rings. The molecule has 0 aromatic rings. The summed E-state index contributed by atoms with van der Waals surface area (Å²) in [6.07, 6.45) is 4.29. The van der Waals surface area contributed by atoms with Gasteiger partial charge in [-0.1, -0.05) is 6.08 Å². The van der Waals surface area contributed by atoms with Crippen LogP contribution in [0, 0.1) is 0 Å². The third kappa shape index (κ3) is 1.85. The summed E-state index contributed by atoms with van der Waals surface area (Å²) in [7, 11) is 0. The molecule has 0 aromatic carbocycles. The van der Waals surface area contributed by atoms with Gasteiger partial charge in [-0.3, -0.25) is 9.59 Å². The normalized spacial score (nSPS) is 30.5. The molecule has 0 bridgehead atoms. The number of nitrogens with zero attached hydrogens (tertiary/aromatic N) is 2. The number of piperazine rings is 1. The maximum absolute atomic E-state index is 12.4. The van der Waals surface area contributed by atoms with Gasteiger partial charge in [0, 0.05) is 12.6 Å². The number of carbonyl (C=O) groups excluding carboxylic acids is 2. The average Bonchev–Trinajstić information content (AvgIpc) is 2.76. The molecule has 94 valence electrons. The highest BCUT2D eigenvalue weighted by molar-refractivity contribution is 5.97. The lowest BCUT2D eigenvalue weighted by Crippen LogP contribution is -2.63. The third-order valence-electron chi connectivity index (χ3n) is 3.83. The lowest BCUT2D eigenvalue weighted by molar-refractivity contribution is -0.160. The second kappa shape index (κ2) is 4.51. The Morgan fingerprint density at radius 3 is 2.82 bits per heavy atom. The summed E-state index contributed by atoms with van der Waals surface area (Å²) >= 11 is 0. The van der Waals surface area contributed by atoms with Gasteiger partial charge in [-0.05, 0) is 33.1 Å². The van der Waals surface area contributed by atoms with E-state index in [1.807, 2.05) is 13.8 Å². The van der Waals surface area contributed by atoms with Crippen molar-refractivity contribution in [2.75, 3.05) is 6.54 Å². The van der Waals surface area contributed by atoms with Gasteiger partial charge in [-0.25, -0.2) is 0 Å². The molecule has 2 saturated heterocycles. The van der Waals surface area contributed by atoms with Gasteiger partial charge in [0.25, 0.3) is 0 Å². The van der Waals surface area contributed by atoms with Crippen LogP contribution in [0.1, 0.15) is 33.1 Å². The smallest absolute Gasteiger partial charge is 0.246 e. The molecule has 2 aliphatic heterocycles. The van der Waals surface area contributed by atoms with Gasteiger partial charge in [0.15, 0.2) is 0 Å². The van der Waals surface area contributed by atoms with E-state index in [1.54, 1.807) is 15.9 Å². The fourth-order valence-electron chi connectivity index (χ4n) is 2.96. The third-order valence-corrected chi connectivity index (χ3v) is 3.83. The number of hydrogen-bond acceptors (Lipinski definition) is 2. The summed E-state index contributed by atoms with van der Waals surface area (Å²) in [4.78, 5) is 28.1. The zero-order valence-electron chi connectivity index (χ0n) is 10.6. The van der Waals surface area contributed by atoms with E-state index in [2.05, 4.69) is 6.58 Å². The van der Waals surface area contributed by atoms with Crippen molar-refractivity contribution >= 4 is 11.8 Å². The molecule has 0 spiro atoms. The van der Waals surface area contributed by atoms with E-state index < -0.39 is 0 Å². The Balaban J connectivity index is 2.23. The standard InChI is InChI=1S/C13H20N2O2/c1-4-6-9(2)15-10(3)12(16)14-8-5-7-11(14)13(15)17/h4,9-11H,1,5-8H2,2-3H3. The lowest BCUT2D eigenvalue weighted by atomic mass is 10.0. The summed E-state index contributed by atoms with van der Waals surface area (Å²) in [5.74, 6) is 0.215. The Morgan fingerprint density at radius 1 is 1.47 bits per heavy atom. The van der Waals surface area contributed by atoms with Crippen molar-refractivity contribution in [1.29, 1.82) is 0 Å². The number of amides is 2. The van der Waals surface area contributed by atoms with E-state index in [-0.39, 0.29) is 29.9 Å². The fraction of sp³-hybridized carbons (Fsp3) is 0.692. The van der Waals surface area contributed by atoms with Crippen LogP contribution in [0.15, 0.2) is 12.7 Å². The van der Waals surface area contributed by atoms with E-state index in [9.17, 15) is 9.59 Å². The highest BCUT2D eigenvalue weighted by atomic mass is 16.2. The van der Waals surface area contributed by atoms with E-state index in [4.69, 9.17) is 0 Å². The predicted octanol–water partition coefficient (Wildman–Crippen LogP) is 1.17. The van der Waals surface area contributed by atoms with Crippen molar-refractivity contribution in [2.24, 2.45) is 0 Å². The van der Waals surface area contributed by atoms with E-state index in [0.717, 1.165) is 25.8 Å². The highest BCUT2D eigenvalue weighted by Crippen LogP contribution is 2.28. The van der Waals surface area contributed by atoms with Crippen LogP contribution < -0.4 is 0 Å². The molecule has 0 radical (unpaired) electrons. The molecule has 2 aliphatic rings. The van der Waals surface area contributed by atoms with Crippen LogP contribution in [0.25, 0.3) is 0 Å². The average molecular weight is 236 g/mol. The quantitative estimate of drug-likeness (QED) is 0.690. The monoisotopic (exact) mass is 236 g/mol. The maximum Gasteiger partial charge on any atom is 0.246 e. The van der Waals surface area contributed by atoms with Crippen molar-refractivity contribution in [2.45, 2.75) is 51.2 Å². The largest absolute Gasteiger partial charge is 0.329 e. The van der Waals surface area contributed by atoms with E-state index in [0.29, 0.717) is 0 Å². The van der Waals surface area contributed by atoms with Crippen LogP contribution in [-0.4, -0.2) is 46.3 Å². The van der Waals surface area contributed by atoms with Gasteiger partial charge < -0.3 is 9.80 Å². The van der Waals surface area contributed by atoms with Crippen molar-refractivity contribution in [3.05, 3.63) is 12.7 Å². The molecule has 2 heterocycles. The Labute approximate surface area is 102 Å². The van der Waals surface area contributed by atoms with Gasteiger partial charge in [0.2, 0.25) is 11.8 Å². The topological polar surface area (TPSA) is 40.6 Å². The maximum atomic E-state index is 12.4. The fourth-order valence-corrected chi connectivity index (χ4v) is 2.96. The Bertz CT molecular complexity index is 353. The Morgan fingerprint density at radius 2 is 2.18 bits per heavy atom. The number of carbonyl (C=O) groups is 2. The van der Waals surface area contributed by atoms with Crippen LogP contribution in [0.2, 0.25) is 0 Å². The molecule has 2 amide bonds. The minimum atomic E-state index is -0.327. The first-order chi connectivity index (χ1) is 8.07. The van der Waals surface area contributed by atoms with Gasteiger partial charge in [-0.2, -0.15) is 0 Å². The molecule has 3 unspecified atom stereocenters. The summed E-state index contributed by atoms with van der Waals surface area (Å²) in [6.45, 7) is 8.24. The van der Waals surface area contributed by atoms with Crippen molar-refractivity contribution in [1.82, 2.24) is 9.80 Å². The van der Waals surface area contributed by atoms with Gasteiger partial charge in [0.1, 0.15) is 12.1 Å². The van der Waals surface area contributed by atoms with Crippen LogP contribution in [0.3, 0.4) is 0 Å². The number of rotatable bonds is 3. The predicted molar refractivity (Wildman–Crippen MR) is 65.3 cm³/mol. The molecule has 0 aliphatic carbocycles. The summed E-state index contributed by atoms with van der Waals surface area (Å²) < 4.78 is 0. The molecule has 0 saturated carbocycles. The first-order valence-corrected chi connectivity index (χ1v) is 6.31. The molecule has 4 nitrogen and oxygen atoms in total. The molecule has 2 rings (SSSR count). The zero-order valence-corrected chi connectivity index (χ0v) is 10.6. The summed E-state index contributed by atoms with van der Waals surface area (Å²) in [5.41, 5.74) is 0. The SMILES string of the molecule is C=CCC(C)N1C(=O)C2CCCN2C(=O)C1C. The second-order valence-electron chi connectivity index (χ2n) is 4.98. The highest BCUT2D eigenvalue weighted by Gasteiger charge is 2.46. The van der Waals surface area contributed by atoms with Crippen LogP contribution >= 0.6 is 0 Å². The number of fused-ring (bicyclic) bond motifs is 1. The van der Waals surface area contributed by atoms with Crippen LogP contribution in [0.4, 0.5) is 0 Å². The Kier molecular flexibility index (Phi) is 3.22. The lowest BCUT2D eigenvalue weighted by Gasteiger charge is -2.43. The van der Waals surface area contributed by atoms with E-state index in [1.165, 1.54) is 0 Å². The van der Waals surface area contributed by atoms with Crippen LogP contribution in [0.5, 0.6) is 0 Å². The summed E-state index contributed by atoms with van der Waals surface area (Å²) in [6, 6.07) is -0.473. The van der Waals surface area contributed by atoms with Crippen molar-refractivity contribution in [3.63, 3.8) is 0 Å². The van der Waals surface area contributed by atoms with Crippen molar-refractivity contribution < 1.29 is 9.59 Å². The van der Waals surface area contributed by atoms with E-state index >= 15 is 0 Å². The minimum Gasteiger partial charge on any atom is -0.329 e. The first-order valence-electron chi connectivity index (χ1n) is 6.31.